The number of hydrogen-bond acceptors (Lipinski definition) is 10. The van der Waals surface area contributed by atoms with Crippen LogP contribution in [-0.2, 0) is 23.8 Å². The number of furan rings is 1. The van der Waals surface area contributed by atoms with E-state index in [1.54, 1.807) is 26.4 Å². The summed E-state index contributed by atoms with van der Waals surface area (Å²) in [4.78, 5) is 26.3. The Morgan fingerprint density at radius 1 is 1.08 bits per heavy atom. The van der Waals surface area contributed by atoms with Gasteiger partial charge in [0.2, 0.25) is 5.78 Å². The van der Waals surface area contributed by atoms with E-state index in [1.807, 2.05) is 13.0 Å². The van der Waals surface area contributed by atoms with Crippen LogP contribution in [0.1, 0.15) is 58.4 Å². The second kappa shape index (κ2) is 7.09. The highest BCUT2D eigenvalue weighted by Gasteiger charge is 2.90. The van der Waals surface area contributed by atoms with Gasteiger partial charge in [-0.2, -0.15) is 0 Å². The summed E-state index contributed by atoms with van der Waals surface area (Å²) in [5.74, 6) is -2.51. The summed E-state index contributed by atoms with van der Waals surface area (Å²) in [6, 6.07) is 1.81. The third kappa shape index (κ3) is 2.29. The zero-order valence-corrected chi connectivity index (χ0v) is 21.8. The van der Waals surface area contributed by atoms with Crippen molar-refractivity contribution < 1.29 is 48.6 Å². The molecule has 0 radical (unpaired) electrons. The van der Waals surface area contributed by atoms with Crippen molar-refractivity contribution in [2.75, 3.05) is 6.61 Å². The molecule has 12 unspecified atom stereocenters. The van der Waals surface area contributed by atoms with E-state index in [9.17, 15) is 30.0 Å². The first kappa shape index (κ1) is 24.8. The normalized spacial score (nSPS) is 54.5. The fraction of sp³-hybridized carbons (Fsp3) is 0.714. The van der Waals surface area contributed by atoms with Crippen LogP contribution < -0.4 is 0 Å². The van der Waals surface area contributed by atoms with E-state index in [-0.39, 0.29) is 37.0 Å². The summed E-state index contributed by atoms with van der Waals surface area (Å²) in [7, 11) is 0. The minimum absolute atomic E-state index is 0.0175. The molecule has 3 saturated carbocycles. The molecule has 2 bridgehead atoms. The molecule has 3 heterocycles. The maximum atomic E-state index is 14.3. The van der Waals surface area contributed by atoms with E-state index in [0.717, 1.165) is 5.56 Å². The fourth-order valence-electron chi connectivity index (χ4n) is 10.1. The van der Waals surface area contributed by atoms with Crippen LogP contribution in [0.3, 0.4) is 0 Å². The van der Waals surface area contributed by atoms with Gasteiger partial charge in [0.05, 0.1) is 53.7 Å². The number of aliphatic hydroxyl groups excluding tert-OH is 4. The Balaban J connectivity index is 1.46. The van der Waals surface area contributed by atoms with E-state index in [4.69, 9.17) is 18.6 Å². The molecule has 38 heavy (non-hydrogen) atoms. The molecular weight excluding hydrogens is 496 g/mol. The Morgan fingerprint density at radius 2 is 1.82 bits per heavy atom. The second-order valence-corrected chi connectivity index (χ2v) is 12.9. The molecule has 0 amide bonds. The third-order valence-corrected chi connectivity index (χ3v) is 11.8. The molecule has 10 nitrogen and oxygen atoms in total. The number of rotatable bonds is 2. The zero-order valence-electron chi connectivity index (χ0n) is 21.8. The monoisotopic (exact) mass is 530 g/mol. The van der Waals surface area contributed by atoms with Gasteiger partial charge in [-0.3, -0.25) is 9.59 Å². The fourth-order valence-corrected chi connectivity index (χ4v) is 10.1. The Kier molecular flexibility index (Phi) is 4.62. The molecule has 1 spiro atoms. The van der Waals surface area contributed by atoms with Crippen LogP contribution in [0.4, 0.5) is 0 Å². The quantitative estimate of drug-likeness (QED) is 0.328. The number of fused-ring (bicyclic) bond motifs is 1. The first-order chi connectivity index (χ1) is 17.8. The van der Waals surface area contributed by atoms with Crippen molar-refractivity contribution in [3.05, 3.63) is 35.5 Å². The van der Waals surface area contributed by atoms with E-state index in [0.29, 0.717) is 6.42 Å². The minimum Gasteiger partial charge on any atom is -0.504 e. The van der Waals surface area contributed by atoms with Gasteiger partial charge in [-0.1, -0.05) is 13.8 Å². The summed E-state index contributed by atoms with van der Waals surface area (Å²) in [5, 5.41) is 46.8. The Morgan fingerprint density at radius 3 is 2.47 bits per heavy atom. The van der Waals surface area contributed by atoms with E-state index in [1.165, 1.54) is 6.92 Å². The van der Waals surface area contributed by atoms with Crippen molar-refractivity contribution in [1.82, 2.24) is 0 Å². The Bertz CT molecular complexity index is 1270. The molecule has 4 aliphatic carbocycles. The second-order valence-electron chi connectivity index (χ2n) is 12.9. The molecule has 6 aliphatic rings. The molecule has 2 saturated heterocycles. The number of esters is 1. The van der Waals surface area contributed by atoms with Crippen molar-refractivity contribution in [1.29, 1.82) is 0 Å². The van der Waals surface area contributed by atoms with Gasteiger partial charge in [-0.05, 0) is 42.9 Å². The maximum Gasteiger partial charge on any atom is 0.302 e. The van der Waals surface area contributed by atoms with Crippen molar-refractivity contribution in [2.45, 2.75) is 89.2 Å². The van der Waals surface area contributed by atoms with E-state index in [2.05, 4.69) is 0 Å². The molecule has 1 aromatic rings. The smallest absolute Gasteiger partial charge is 0.302 e. The van der Waals surface area contributed by atoms with Crippen LogP contribution in [0.25, 0.3) is 0 Å². The van der Waals surface area contributed by atoms with Gasteiger partial charge in [0, 0.05) is 24.7 Å². The van der Waals surface area contributed by atoms with Crippen LogP contribution in [-0.4, -0.2) is 75.1 Å². The number of ether oxygens (including phenoxy) is 3. The summed E-state index contributed by atoms with van der Waals surface area (Å²) >= 11 is 0. The van der Waals surface area contributed by atoms with Crippen LogP contribution in [0.5, 0.6) is 0 Å². The molecule has 1 aromatic heterocycles. The average Bonchev–Trinajstić information content (AvgIpc) is 3.22. The molecule has 7 rings (SSSR count). The van der Waals surface area contributed by atoms with Crippen LogP contribution in [0.15, 0.2) is 34.3 Å². The first-order valence-corrected chi connectivity index (χ1v) is 13.3. The molecule has 12 atom stereocenters. The van der Waals surface area contributed by atoms with E-state index >= 15 is 0 Å². The first-order valence-electron chi connectivity index (χ1n) is 13.3. The summed E-state index contributed by atoms with van der Waals surface area (Å²) in [6.07, 6.45) is -1.08. The topological polar surface area (TPSA) is 159 Å². The predicted molar refractivity (Wildman–Crippen MR) is 127 cm³/mol. The van der Waals surface area contributed by atoms with E-state index < -0.39 is 75.3 Å². The number of allylic oxidation sites excluding steroid dienone is 1. The summed E-state index contributed by atoms with van der Waals surface area (Å²) in [6.45, 7) is 6.43. The minimum atomic E-state index is -1.35. The van der Waals surface area contributed by atoms with Gasteiger partial charge >= 0.3 is 5.97 Å². The van der Waals surface area contributed by atoms with Gasteiger partial charge < -0.3 is 39.1 Å². The molecule has 2 aliphatic heterocycles. The summed E-state index contributed by atoms with van der Waals surface area (Å²) in [5.41, 5.74) is -4.99. The largest absolute Gasteiger partial charge is 0.504 e. The van der Waals surface area contributed by atoms with Gasteiger partial charge in [-0.25, -0.2) is 0 Å². The summed E-state index contributed by atoms with van der Waals surface area (Å²) < 4.78 is 23.2. The van der Waals surface area contributed by atoms with Crippen molar-refractivity contribution in [3.8, 4) is 0 Å². The number of Topliss-reactive ketones (excluding diaryl/α,β-unsaturated/α-hetero) is 1. The number of aliphatic hydroxyl groups is 4. The van der Waals surface area contributed by atoms with Crippen LogP contribution in [0, 0.1) is 27.6 Å². The number of hydrogen-bond donors (Lipinski definition) is 4. The number of epoxide rings is 1. The highest BCUT2D eigenvalue weighted by molar-refractivity contribution is 6.03. The van der Waals surface area contributed by atoms with Crippen LogP contribution in [0.2, 0.25) is 0 Å². The zero-order chi connectivity index (χ0) is 27.2. The number of carbonyl (C=O) groups excluding carboxylic acids is 2. The lowest BCUT2D eigenvalue weighted by atomic mass is 9.36. The Labute approximate surface area is 219 Å². The maximum absolute atomic E-state index is 14.3. The van der Waals surface area contributed by atoms with Gasteiger partial charge in [0.25, 0.3) is 0 Å². The highest BCUT2D eigenvalue weighted by Crippen LogP contribution is 2.82. The van der Waals surface area contributed by atoms with Gasteiger partial charge in [-0.15, -0.1) is 0 Å². The molecule has 5 fully saturated rings. The lowest BCUT2D eigenvalue weighted by Crippen LogP contribution is -2.77. The molecule has 0 aromatic carbocycles. The molecule has 10 heteroatoms. The van der Waals surface area contributed by atoms with Gasteiger partial charge in [0.15, 0.2) is 12.0 Å². The van der Waals surface area contributed by atoms with Crippen LogP contribution >= 0.6 is 0 Å². The number of ketones is 1. The third-order valence-electron chi connectivity index (χ3n) is 11.8. The Hall–Kier alpha value is -2.24. The lowest BCUT2D eigenvalue weighted by molar-refractivity contribution is -0.340. The lowest BCUT2D eigenvalue weighted by Gasteiger charge is -2.70. The predicted octanol–water partition coefficient (Wildman–Crippen LogP) is 1.73. The van der Waals surface area contributed by atoms with Crippen molar-refractivity contribution >= 4 is 11.8 Å². The standard InChI is InChI=1S/C28H34O10/c1-12(29)37-18-9-17(31)27-11-36-23(34)24(18,2)15(27)8-16(30)26(4)21(27)20(32)22(33)25(3)14(13-5-6-35-10-13)7-19-28(25,26)38-19/h5-6,10,14-19,23,30-32,34H,7-9,11H2,1-4H3. The molecule has 4 N–H and O–H groups in total. The number of carbonyl (C=O) groups is 2. The van der Waals surface area contributed by atoms with Crippen molar-refractivity contribution in [2.24, 2.45) is 27.6 Å². The van der Waals surface area contributed by atoms with Crippen molar-refractivity contribution in [3.63, 3.8) is 0 Å². The SMILES string of the molecule is CC(=O)OC1CC(O)C23COC(O)C1(C)C2CC(O)C1(C)C3=C(O)C(=O)C2(C)C(c3ccoc3)CC3OC312. The molecular formula is C28H34O10. The average molecular weight is 531 g/mol. The molecule has 206 valence electrons. The van der Waals surface area contributed by atoms with Gasteiger partial charge in [0.1, 0.15) is 11.7 Å². The highest BCUT2D eigenvalue weighted by atomic mass is 16.6.